The van der Waals surface area contributed by atoms with Gasteiger partial charge >= 0.3 is 6.09 Å². The molecule has 0 radical (unpaired) electrons. The number of anilines is 1. The molecule has 2 aliphatic heterocycles. The van der Waals surface area contributed by atoms with Crippen molar-refractivity contribution in [3.05, 3.63) is 29.3 Å². The van der Waals surface area contributed by atoms with Gasteiger partial charge in [-0.2, -0.15) is 0 Å². The van der Waals surface area contributed by atoms with Gasteiger partial charge in [0, 0.05) is 58.0 Å². The molecule has 2 saturated heterocycles. The number of piperidine rings is 1. The highest BCUT2D eigenvalue weighted by atomic mass is 28.3. The molecule has 2 aliphatic rings. The topological polar surface area (TPSA) is 79.4 Å². The Morgan fingerprint density at radius 1 is 1.11 bits per heavy atom. The predicted octanol–water partition coefficient (Wildman–Crippen LogP) is 4.96. The number of ether oxygens (including phenoxy) is 2. The van der Waals surface area contributed by atoms with Crippen molar-refractivity contribution in [1.29, 1.82) is 0 Å². The first kappa shape index (κ1) is 30.0. The van der Waals surface area contributed by atoms with Crippen LogP contribution in [-0.4, -0.2) is 80.4 Å². The van der Waals surface area contributed by atoms with E-state index in [0.29, 0.717) is 31.9 Å². The number of carbonyl (C=O) groups excluding carboxylic acids is 3. The molecule has 0 bridgehead atoms. The number of hydrogen-bond acceptors (Lipinski definition) is 6. The van der Waals surface area contributed by atoms with E-state index in [1.807, 2.05) is 11.8 Å². The zero-order valence-corrected chi connectivity index (χ0v) is 24.6. The van der Waals surface area contributed by atoms with Gasteiger partial charge in [-0.15, -0.1) is 0 Å². The molecule has 1 aromatic rings. The van der Waals surface area contributed by atoms with Crippen LogP contribution in [0.5, 0.6) is 0 Å². The largest absolute Gasteiger partial charge is 0.444 e. The van der Waals surface area contributed by atoms with Crippen molar-refractivity contribution in [1.82, 2.24) is 9.80 Å². The van der Waals surface area contributed by atoms with Gasteiger partial charge in [0.1, 0.15) is 24.0 Å². The first-order chi connectivity index (χ1) is 17.6. The fourth-order valence-corrected chi connectivity index (χ4v) is 5.40. The lowest BCUT2D eigenvalue weighted by atomic mass is 9.88. The smallest absolute Gasteiger partial charge is 0.410 e. The number of benzene rings is 1. The Bertz CT molecular complexity index is 1030. The van der Waals surface area contributed by atoms with Crippen molar-refractivity contribution in [2.24, 2.45) is 0 Å². The van der Waals surface area contributed by atoms with Gasteiger partial charge in [0.15, 0.2) is 0 Å². The van der Waals surface area contributed by atoms with E-state index in [0.717, 1.165) is 10.9 Å². The van der Waals surface area contributed by atoms with Crippen LogP contribution in [0.1, 0.15) is 52.0 Å². The van der Waals surface area contributed by atoms with Gasteiger partial charge in [0.2, 0.25) is 11.8 Å². The van der Waals surface area contributed by atoms with Crippen molar-refractivity contribution in [3.63, 3.8) is 0 Å². The molecule has 3 amide bonds. The van der Waals surface area contributed by atoms with E-state index in [1.54, 1.807) is 25.7 Å². The Kier molecular flexibility index (Phi) is 9.23. The number of halogens is 2. The van der Waals surface area contributed by atoms with Crippen molar-refractivity contribution >= 4 is 31.7 Å². The molecule has 0 N–H and O–H groups in total. The molecule has 8 nitrogen and oxygen atoms in total. The van der Waals surface area contributed by atoms with Gasteiger partial charge in [-0.1, -0.05) is 19.6 Å². The van der Waals surface area contributed by atoms with Gasteiger partial charge in [-0.25, -0.2) is 13.6 Å². The Labute approximate surface area is 225 Å². The SMILES string of the molecule is C[C@@H]1CN(c2cc(F)c(C3CCC(=O)N(COCC[Si](C)(C)C)C3=O)c(F)c2)CCN1C(=O)OC(C)(C)C. The Balaban J connectivity index is 1.70. The van der Waals surface area contributed by atoms with E-state index in [-0.39, 0.29) is 31.2 Å². The number of hydrogen-bond donors (Lipinski definition) is 0. The van der Waals surface area contributed by atoms with Crippen LogP contribution in [0.4, 0.5) is 19.3 Å². The summed E-state index contributed by atoms with van der Waals surface area (Å²) in [6.07, 6.45) is -0.364. The highest BCUT2D eigenvalue weighted by molar-refractivity contribution is 6.76. The van der Waals surface area contributed by atoms with Crippen molar-refractivity contribution in [3.8, 4) is 0 Å². The number of carbonyl (C=O) groups is 3. The molecule has 2 heterocycles. The first-order valence-electron chi connectivity index (χ1n) is 13.2. The fraction of sp³-hybridized carbons (Fsp3) is 0.667. The summed E-state index contributed by atoms with van der Waals surface area (Å²) in [7, 11) is -1.34. The second-order valence-electron chi connectivity index (χ2n) is 12.4. The number of rotatable bonds is 7. The maximum absolute atomic E-state index is 15.3. The first-order valence-corrected chi connectivity index (χ1v) is 16.9. The van der Waals surface area contributed by atoms with Crippen LogP contribution in [0.25, 0.3) is 0 Å². The zero-order valence-electron chi connectivity index (χ0n) is 23.6. The normalized spacial score (nSPS) is 21.2. The Morgan fingerprint density at radius 3 is 2.29 bits per heavy atom. The van der Waals surface area contributed by atoms with Crippen molar-refractivity contribution in [2.75, 3.05) is 37.9 Å². The minimum atomic E-state index is -1.34. The fourth-order valence-electron chi connectivity index (χ4n) is 4.65. The summed E-state index contributed by atoms with van der Waals surface area (Å²) in [6, 6.07) is 3.10. The molecular weight excluding hydrogens is 512 g/mol. The standard InChI is InChI=1S/C27H41F2N3O5Si/c1-18-16-30(10-11-31(18)26(35)37-27(2,3)4)19-14-21(28)24(22(29)15-19)20-8-9-23(33)32(25(20)34)17-36-12-13-38(5,6)7/h14-15,18,20H,8-13,16-17H2,1-7H3/t18-,20?/m1/s1. The second-order valence-corrected chi connectivity index (χ2v) is 18.0. The Morgan fingerprint density at radius 2 is 1.74 bits per heavy atom. The lowest BCUT2D eigenvalue weighted by molar-refractivity contribution is -0.155. The number of piperazine rings is 1. The van der Waals surface area contributed by atoms with E-state index in [2.05, 4.69) is 19.6 Å². The molecule has 2 atom stereocenters. The molecular formula is C27H41F2N3O5Si. The van der Waals surface area contributed by atoms with Gasteiger partial charge in [-0.05, 0) is 52.3 Å². The minimum absolute atomic E-state index is 0.0125. The third kappa shape index (κ3) is 7.53. The second kappa shape index (κ2) is 11.7. The lowest BCUT2D eigenvalue weighted by Crippen LogP contribution is -2.55. The van der Waals surface area contributed by atoms with Crippen LogP contribution in [0.15, 0.2) is 12.1 Å². The van der Waals surface area contributed by atoms with E-state index in [9.17, 15) is 14.4 Å². The molecule has 2 fully saturated rings. The number of likely N-dealkylation sites (tertiary alicyclic amines) is 1. The summed E-state index contributed by atoms with van der Waals surface area (Å²) in [5.41, 5.74) is -0.600. The van der Waals surface area contributed by atoms with Crippen LogP contribution < -0.4 is 4.90 Å². The van der Waals surface area contributed by atoms with Crippen LogP contribution >= 0.6 is 0 Å². The van der Waals surface area contributed by atoms with Crippen LogP contribution in [0.2, 0.25) is 25.7 Å². The number of nitrogens with zero attached hydrogens (tertiary/aromatic N) is 3. The van der Waals surface area contributed by atoms with Crippen molar-refractivity contribution in [2.45, 2.75) is 83.8 Å². The van der Waals surface area contributed by atoms with Crippen LogP contribution in [0.3, 0.4) is 0 Å². The lowest BCUT2D eigenvalue weighted by Gasteiger charge is -2.41. The van der Waals surface area contributed by atoms with Gasteiger partial charge in [0.05, 0.1) is 5.92 Å². The summed E-state index contributed by atoms with van der Waals surface area (Å²) >= 11 is 0. The monoisotopic (exact) mass is 553 g/mol. The molecule has 0 saturated carbocycles. The third-order valence-corrected chi connectivity index (χ3v) is 8.47. The third-order valence-electron chi connectivity index (χ3n) is 6.76. The number of imide groups is 1. The molecule has 0 aromatic heterocycles. The summed E-state index contributed by atoms with van der Waals surface area (Å²) in [5.74, 6) is -3.78. The maximum atomic E-state index is 15.3. The van der Waals surface area contributed by atoms with Gasteiger partial charge in [0.25, 0.3) is 0 Å². The van der Waals surface area contributed by atoms with E-state index in [4.69, 9.17) is 9.47 Å². The predicted molar refractivity (Wildman–Crippen MR) is 144 cm³/mol. The zero-order chi connectivity index (χ0) is 28.4. The molecule has 1 unspecified atom stereocenters. The number of amides is 3. The van der Waals surface area contributed by atoms with E-state index in [1.165, 1.54) is 12.1 Å². The highest BCUT2D eigenvalue weighted by Gasteiger charge is 2.39. The van der Waals surface area contributed by atoms with Gasteiger partial charge < -0.3 is 19.3 Å². The summed E-state index contributed by atoms with van der Waals surface area (Å²) < 4.78 is 41.7. The van der Waals surface area contributed by atoms with Crippen LogP contribution in [-0.2, 0) is 19.1 Å². The summed E-state index contributed by atoms with van der Waals surface area (Å²) in [6.45, 7) is 15.1. The maximum Gasteiger partial charge on any atom is 0.410 e. The Hall–Kier alpha value is -2.53. The van der Waals surface area contributed by atoms with Crippen LogP contribution in [0, 0.1) is 11.6 Å². The molecule has 3 rings (SSSR count). The minimum Gasteiger partial charge on any atom is -0.444 e. The van der Waals surface area contributed by atoms with Gasteiger partial charge in [-0.3, -0.25) is 14.5 Å². The van der Waals surface area contributed by atoms with E-state index < -0.39 is 49.1 Å². The molecule has 11 heteroatoms. The molecule has 0 spiro atoms. The van der Waals surface area contributed by atoms with Crippen molar-refractivity contribution < 1.29 is 32.6 Å². The summed E-state index contributed by atoms with van der Waals surface area (Å²) in [4.78, 5) is 42.4. The molecule has 1 aromatic carbocycles. The average molecular weight is 554 g/mol. The molecule has 212 valence electrons. The molecule has 0 aliphatic carbocycles. The molecule has 38 heavy (non-hydrogen) atoms. The average Bonchev–Trinajstić information content (AvgIpc) is 2.77. The quantitative estimate of drug-likeness (QED) is 0.270. The highest BCUT2D eigenvalue weighted by Crippen LogP contribution is 2.35. The van der Waals surface area contributed by atoms with E-state index >= 15 is 8.78 Å². The summed E-state index contributed by atoms with van der Waals surface area (Å²) in [5, 5.41) is 0.